The zero-order valence-corrected chi connectivity index (χ0v) is 13.9. The van der Waals surface area contributed by atoms with Crippen LogP contribution >= 0.6 is 15.9 Å². The number of aromatic nitrogens is 2. The smallest absolute Gasteiger partial charge is 0.187 e. The molecule has 1 heterocycles. The van der Waals surface area contributed by atoms with E-state index in [2.05, 4.69) is 21.0 Å². The molecule has 1 aliphatic rings. The maximum Gasteiger partial charge on any atom is 0.187 e. The van der Waals surface area contributed by atoms with Crippen LogP contribution in [0.3, 0.4) is 0 Å². The van der Waals surface area contributed by atoms with Crippen molar-refractivity contribution in [3.8, 4) is 6.07 Å². The molecule has 3 rings (SSSR count). The molecule has 116 valence electrons. The fourth-order valence-corrected chi connectivity index (χ4v) is 2.92. The molecule has 2 aromatic rings. The molecule has 0 amide bonds. The van der Waals surface area contributed by atoms with Crippen molar-refractivity contribution >= 4 is 27.5 Å². The Morgan fingerprint density at radius 3 is 2.83 bits per heavy atom. The van der Waals surface area contributed by atoms with Gasteiger partial charge in [-0.15, -0.1) is 0 Å². The standard InChI is InChI=1S/C17H14BrN3O2/c18-13-4-5-14(12(8-13)10-21-7-1-6-20-21)17(23)15(9-19)16(22)11-2-3-11/h1,4-8,11,15H,2-3,10H2. The van der Waals surface area contributed by atoms with Crippen molar-refractivity contribution < 1.29 is 9.59 Å². The van der Waals surface area contributed by atoms with Crippen LogP contribution in [-0.4, -0.2) is 21.3 Å². The lowest BCUT2D eigenvalue weighted by molar-refractivity contribution is -0.121. The third kappa shape index (κ3) is 3.40. The molecule has 0 N–H and O–H groups in total. The highest BCUT2D eigenvalue weighted by Gasteiger charge is 2.39. The summed E-state index contributed by atoms with van der Waals surface area (Å²) in [6.07, 6.45) is 5.02. The number of benzene rings is 1. The molecule has 0 saturated heterocycles. The molecule has 1 aromatic heterocycles. The van der Waals surface area contributed by atoms with Crippen LogP contribution in [0.1, 0.15) is 28.8 Å². The van der Waals surface area contributed by atoms with Gasteiger partial charge in [-0.3, -0.25) is 14.3 Å². The number of Topliss-reactive ketones (excluding diaryl/α,β-unsaturated/α-hetero) is 2. The van der Waals surface area contributed by atoms with E-state index >= 15 is 0 Å². The summed E-state index contributed by atoms with van der Waals surface area (Å²) in [6.45, 7) is 0.406. The Labute approximate surface area is 142 Å². The third-order valence-corrected chi connectivity index (χ3v) is 4.37. The quantitative estimate of drug-likeness (QED) is 0.577. The first-order valence-corrected chi connectivity index (χ1v) is 8.13. The van der Waals surface area contributed by atoms with E-state index in [1.165, 1.54) is 0 Å². The average molecular weight is 372 g/mol. The van der Waals surface area contributed by atoms with Gasteiger partial charge in [0.05, 0.1) is 12.6 Å². The number of carbonyl (C=O) groups excluding carboxylic acids is 2. The summed E-state index contributed by atoms with van der Waals surface area (Å²) in [5, 5.41) is 13.4. The Morgan fingerprint density at radius 1 is 1.43 bits per heavy atom. The molecule has 1 aromatic carbocycles. The maximum absolute atomic E-state index is 12.7. The fraction of sp³-hybridized carbons (Fsp3) is 0.294. The summed E-state index contributed by atoms with van der Waals surface area (Å²) in [5.74, 6) is -1.99. The van der Waals surface area contributed by atoms with Crippen molar-refractivity contribution in [3.63, 3.8) is 0 Å². The monoisotopic (exact) mass is 371 g/mol. The molecule has 6 heteroatoms. The van der Waals surface area contributed by atoms with E-state index in [0.717, 1.165) is 22.9 Å². The average Bonchev–Trinajstić information content (AvgIpc) is 3.26. The Morgan fingerprint density at radius 2 is 2.22 bits per heavy atom. The number of halogens is 1. The highest BCUT2D eigenvalue weighted by Crippen LogP contribution is 2.33. The summed E-state index contributed by atoms with van der Waals surface area (Å²) in [4.78, 5) is 24.9. The lowest BCUT2D eigenvalue weighted by Gasteiger charge is -2.12. The van der Waals surface area contributed by atoms with Crippen molar-refractivity contribution in [2.75, 3.05) is 0 Å². The molecule has 1 fully saturated rings. The molecule has 1 aliphatic carbocycles. The second-order valence-electron chi connectivity index (χ2n) is 5.61. The van der Waals surface area contributed by atoms with Crippen LogP contribution in [0.2, 0.25) is 0 Å². The summed E-state index contributed by atoms with van der Waals surface area (Å²) < 4.78 is 2.53. The van der Waals surface area contributed by atoms with Crippen molar-refractivity contribution in [1.82, 2.24) is 9.78 Å². The van der Waals surface area contributed by atoms with Gasteiger partial charge >= 0.3 is 0 Å². The van der Waals surface area contributed by atoms with Gasteiger partial charge in [-0.05, 0) is 42.7 Å². The Kier molecular flexibility index (Phi) is 4.39. The van der Waals surface area contributed by atoms with Gasteiger partial charge in [0.1, 0.15) is 0 Å². The number of hydrogen-bond acceptors (Lipinski definition) is 4. The van der Waals surface area contributed by atoms with Crippen LogP contribution in [-0.2, 0) is 11.3 Å². The number of nitriles is 1. The Hall–Kier alpha value is -2.26. The van der Waals surface area contributed by atoms with Crippen LogP contribution in [0.25, 0.3) is 0 Å². The molecular weight excluding hydrogens is 358 g/mol. The van der Waals surface area contributed by atoms with Crippen LogP contribution < -0.4 is 0 Å². The minimum Gasteiger partial charge on any atom is -0.297 e. The largest absolute Gasteiger partial charge is 0.297 e. The van der Waals surface area contributed by atoms with E-state index in [1.54, 1.807) is 35.3 Å². The molecule has 1 saturated carbocycles. The first-order valence-electron chi connectivity index (χ1n) is 7.33. The molecule has 0 bridgehead atoms. The zero-order chi connectivity index (χ0) is 16.4. The second kappa shape index (κ2) is 6.47. The highest BCUT2D eigenvalue weighted by atomic mass is 79.9. The first kappa shape index (κ1) is 15.6. The predicted molar refractivity (Wildman–Crippen MR) is 86.6 cm³/mol. The van der Waals surface area contributed by atoms with Crippen LogP contribution in [0, 0.1) is 23.2 Å². The van der Waals surface area contributed by atoms with Crippen molar-refractivity contribution in [2.45, 2.75) is 19.4 Å². The number of rotatable bonds is 6. The van der Waals surface area contributed by atoms with E-state index < -0.39 is 11.7 Å². The zero-order valence-electron chi connectivity index (χ0n) is 12.3. The van der Waals surface area contributed by atoms with E-state index in [1.807, 2.05) is 12.1 Å². The van der Waals surface area contributed by atoms with Crippen LogP contribution in [0.4, 0.5) is 0 Å². The third-order valence-electron chi connectivity index (χ3n) is 3.88. The van der Waals surface area contributed by atoms with E-state index in [9.17, 15) is 14.9 Å². The molecule has 1 unspecified atom stereocenters. The summed E-state index contributed by atoms with van der Waals surface area (Å²) in [7, 11) is 0. The minimum absolute atomic E-state index is 0.117. The molecule has 0 aliphatic heterocycles. The van der Waals surface area contributed by atoms with Gasteiger partial charge in [-0.2, -0.15) is 10.4 Å². The normalized spacial score (nSPS) is 15.0. The molecule has 1 atom stereocenters. The van der Waals surface area contributed by atoms with Crippen LogP contribution in [0.15, 0.2) is 41.1 Å². The van der Waals surface area contributed by atoms with Crippen molar-refractivity contribution in [3.05, 3.63) is 52.3 Å². The van der Waals surface area contributed by atoms with Crippen LogP contribution in [0.5, 0.6) is 0 Å². The summed E-state index contributed by atoms with van der Waals surface area (Å²) in [6, 6.07) is 8.92. The predicted octanol–water partition coefficient (Wildman–Crippen LogP) is 3.00. The minimum atomic E-state index is -1.21. The molecule has 0 spiro atoms. The first-order chi connectivity index (χ1) is 11.1. The number of nitrogens with zero attached hydrogens (tertiary/aromatic N) is 3. The molecule has 5 nitrogen and oxygen atoms in total. The van der Waals surface area contributed by atoms with Crippen molar-refractivity contribution in [2.24, 2.45) is 11.8 Å². The topological polar surface area (TPSA) is 75.8 Å². The van der Waals surface area contributed by atoms with E-state index in [-0.39, 0.29) is 11.7 Å². The van der Waals surface area contributed by atoms with Gasteiger partial charge in [0.25, 0.3) is 0 Å². The van der Waals surface area contributed by atoms with Crippen molar-refractivity contribution in [1.29, 1.82) is 5.26 Å². The Balaban J connectivity index is 1.93. The SMILES string of the molecule is N#CC(C(=O)c1ccc(Br)cc1Cn1cccn1)C(=O)C1CC1. The number of ketones is 2. The molecular formula is C17H14BrN3O2. The fourth-order valence-electron chi connectivity index (χ4n) is 2.51. The highest BCUT2D eigenvalue weighted by molar-refractivity contribution is 9.10. The van der Waals surface area contributed by atoms with E-state index in [0.29, 0.717) is 12.1 Å². The van der Waals surface area contributed by atoms with Gasteiger partial charge in [-0.1, -0.05) is 15.9 Å². The van der Waals surface area contributed by atoms with Gasteiger partial charge < -0.3 is 0 Å². The van der Waals surface area contributed by atoms with Gasteiger partial charge in [0.2, 0.25) is 0 Å². The second-order valence-corrected chi connectivity index (χ2v) is 6.52. The maximum atomic E-state index is 12.7. The molecule has 23 heavy (non-hydrogen) atoms. The number of carbonyl (C=O) groups is 2. The van der Waals surface area contributed by atoms with E-state index in [4.69, 9.17) is 0 Å². The van der Waals surface area contributed by atoms with Gasteiger partial charge in [0.15, 0.2) is 17.5 Å². The van der Waals surface area contributed by atoms with Gasteiger partial charge in [-0.25, -0.2) is 0 Å². The summed E-state index contributed by atoms with van der Waals surface area (Å²) >= 11 is 3.39. The lowest BCUT2D eigenvalue weighted by Crippen LogP contribution is -2.25. The Bertz CT molecular complexity index is 789. The van der Waals surface area contributed by atoms with Gasteiger partial charge in [0, 0.05) is 28.3 Å². The molecule has 0 radical (unpaired) electrons. The lowest BCUT2D eigenvalue weighted by atomic mass is 9.90. The summed E-state index contributed by atoms with van der Waals surface area (Å²) in [5.41, 5.74) is 1.14. The number of hydrogen-bond donors (Lipinski definition) is 0.